The van der Waals surface area contributed by atoms with E-state index in [4.69, 9.17) is 9.84 Å². The van der Waals surface area contributed by atoms with Gasteiger partial charge >= 0.3 is 11.9 Å². The summed E-state index contributed by atoms with van der Waals surface area (Å²) in [6.07, 6.45) is 5.27. The third-order valence-corrected chi connectivity index (χ3v) is 2.65. The predicted molar refractivity (Wildman–Crippen MR) is 67.6 cm³/mol. The van der Waals surface area contributed by atoms with E-state index in [1.165, 1.54) is 6.42 Å². The predicted octanol–water partition coefficient (Wildman–Crippen LogP) is 2.80. The van der Waals surface area contributed by atoms with Gasteiger partial charge in [0.25, 0.3) is 0 Å². The molecule has 1 aromatic rings. The summed E-state index contributed by atoms with van der Waals surface area (Å²) in [7, 11) is 0. The molecule has 0 aliphatic heterocycles. The molecule has 0 saturated heterocycles. The van der Waals surface area contributed by atoms with Gasteiger partial charge in [-0.25, -0.2) is 9.59 Å². The molecular formula is C14H18O4. The summed E-state index contributed by atoms with van der Waals surface area (Å²) in [6.45, 7) is 2.14. The average molecular weight is 250 g/mol. The van der Waals surface area contributed by atoms with Crippen molar-refractivity contribution in [3.8, 4) is 5.75 Å². The van der Waals surface area contributed by atoms with Gasteiger partial charge < -0.3 is 9.84 Å². The van der Waals surface area contributed by atoms with E-state index < -0.39 is 11.9 Å². The topological polar surface area (TPSA) is 63.6 Å². The van der Waals surface area contributed by atoms with Crippen molar-refractivity contribution in [2.75, 3.05) is 0 Å². The van der Waals surface area contributed by atoms with Crippen molar-refractivity contribution in [1.29, 1.82) is 0 Å². The van der Waals surface area contributed by atoms with E-state index in [1.807, 2.05) is 12.1 Å². The summed E-state index contributed by atoms with van der Waals surface area (Å²) in [4.78, 5) is 21.5. The van der Waals surface area contributed by atoms with Crippen LogP contribution in [-0.2, 0) is 16.0 Å². The minimum absolute atomic E-state index is 0.349. The molecule has 0 radical (unpaired) electrons. The van der Waals surface area contributed by atoms with E-state index in [0.29, 0.717) is 5.75 Å². The van der Waals surface area contributed by atoms with Crippen molar-refractivity contribution in [2.24, 2.45) is 0 Å². The molecule has 1 rings (SSSR count). The maximum Gasteiger partial charge on any atom is 0.422 e. The van der Waals surface area contributed by atoms with Crippen molar-refractivity contribution in [1.82, 2.24) is 0 Å². The number of carboxylic acid groups (broad SMARTS) is 1. The molecule has 4 nitrogen and oxygen atoms in total. The quantitative estimate of drug-likeness (QED) is 0.365. The Labute approximate surface area is 107 Å². The van der Waals surface area contributed by atoms with Crippen molar-refractivity contribution in [3.63, 3.8) is 0 Å². The third kappa shape index (κ3) is 4.57. The fourth-order valence-corrected chi connectivity index (χ4v) is 1.70. The molecule has 0 unspecified atom stereocenters. The van der Waals surface area contributed by atoms with Crippen LogP contribution in [0, 0.1) is 0 Å². The SMILES string of the molecule is CCCCCCc1ccccc1OC(=O)C(=O)O. The van der Waals surface area contributed by atoms with E-state index in [0.717, 1.165) is 31.2 Å². The number of aryl methyl sites for hydroxylation is 1. The summed E-state index contributed by atoms with van der Waals surface area (Å²) in [5.41, 5.74) is 0.878. The zero-order chi connectivity index (χ0) is 13.4. The lowest BCUT2D eigenvalue weighted by Crippen LogP contribution is -2.19. The van der Waals surface area contributed by atoms with Crippen LogP contribution < -0.4 is 4.74 Å². The largest absolute Gasteiger partial charge is 0.473 e. The van der Waals surface area contributed by atoms with E-state index in [9.17, 15) is 9.59 Å². The maximum absolute atomic E-state index is 11.0. The van der Waals surface area contributed by atoms with Crippen LogP contribution in [0.3, 0.4) is 0 Å². The first-order chi connectivity index (χ1) is 8.65. The van der Waals surface area contributed by atoms with E-state index in [1.54, 1.807) is 12.1 Å². The zero-order valence-electron chi connectivity index (χ0n) is 10.5. The number of aliphatic carboxylic acids is 1. The molecule has 1 N–H and O–H groups in total. The highest BCUT2D eigenvalue weighted by Gasteiger charge is 2.15. The number of hydrogen-bond donors (Lipinski definition) is 1. The van der Waals surface area contributed by atoms with Gasteiger partial charge in [-0.2, -0.15) is 0 Å². The maximum atomic E-state index is 11.0. The monoisotopic (exact) mass is 250 g/mol. The molecule has 0 aromatic heterocycles. The Kier molecular flexibility index (Phi) is 5.91. The molecule has 0 saturated carbocycles. The molecule has 1 aromatic carbocycles. The van der Waals surface area contributed by atoms with Crippen LogP contribution >= 0.6 is 0 Å². The van der Waals surface area contributed by atoms with Crippen molar-refractivity contribution >= 4 is 11.9 Å². The lowest BCUT2D eigenvalue weighted by atomic mass is 10.1. The molecule has 98 valence electrons. The van der Waals surface area contributed by atoms with Crippen LogP contribution in [0.2, 0.25) is 0 Å². The molecule has 18 heavy (non-hydrogen) atoms. The van der Waals surface area contributed by atoms with Crippen LogP contribution in [0.15, 0.2) is 24.3 Å². The first-order valence-corrected chi connectivity index (χ1v) is 6.18. The van der Waals surface area contributed by atoms with Gasteiger partial charge in [0, 0.05) is 0 Å². The highest BCUT2D eigenvalue weighted by atomic mass is 16.6. The summed E-state index contributed by atoms with van der Waals surface area (Å²) in [5, 5.41) is 8.51. The smallest absolute Gasteiger partial charge is 0.422 e. The molecule has 0 aliphatic carbocycles. The highest BCUT2D eigenvalue weighted by Crippen LogP contribution is 2.20. The summed E-state index contributed by atoms with van der Waals surface area (Å²) in [5.74, 6) is -2.46. The Balaban J connectivity index is 2.61. The normalized spacial score (nSPS) is 10.1. The Morgan fingerprint density at radius 1 is 1.17 bits per heavy atom. The summed E-state index contributed by atoms with van der Waals surface area (Å²) < 4.78 is 4.83. The fraction of sp³-hybridized carbons (Fsp3) is 0.429. The fourth-order valence-electron chi connectivity index (χ4n) is 1.70. The lowest BCUT2D eigenvalue weighted by Gasteiger charge is -2.08. The summed E-state index contributed by atoms with van der Waals surface area (Å²) in [6, 6.07) is 7.06. The number of carbonyl (C=O) groups is 2. The van der Waals surface area contributed by atoms with Crippen LogP contribution in [0.25, 0.3) is 0 Å². The number of carboxylic acids is 1. The summed E-state index contributed by atoms with van der Waals surface area (Å²) >= 11 is 0. The van der Waals surface area contributed by atoms with Gasteiger partial charge in [0.05, 0.1) is 0 Å². The van der Waals surface area contributed by atoms with Crippen LogP contribution in [-0.4, -0.2) is 17.0 Å². The van der Waals surface area contributed by atoms with Gasteiger partial charge in [0.2, 0.25) is 0 Å². The number of unbranched alkanes of at least 4 members (excludes halogenated alkanes) is 3. The number of rotatable bonds is 6. The van der Waals surface area contributed by atoms with Gasteiger partial charge in [0.15, 0.2) is 0 Å². The number of esters is 1. The second kappa shape index (κ2) is 7.48. The lowest BCUT2D eigenvalue weighted by molar-refractivity contribution is -0.158. The number of ether oxygens (including phenoxy) is 1. The average Bonchev–Trinajstić information content (AvgIpc) is 2.36. The van der Waals surface area contributed by atoms with Crippen molar-refractivity contribution in [3.05, 3.63) is 29.8 Å². The van der Waals surface area contributed by atoms with E-state index >= 15 is 0 Å². The molecule has 4 heteroatoms. The molecule has 0 spiro atoms. The molecule has 0 fully saturated rings. The standard InChI is InChI=1S/C14H18O4/c1-2-3-4-5-8-11-9-6-7-10-12(11)18-14(17)13(15)16/h6-7,9-10H,2-5,8H2,1H3,(H,15,16). The van der Waals surface area contributed by atoms with Gasteiger partial charge in [0.1, 0.15) is 5.75 Å². The minimum atomic E-state index is -1.57. The Bertz CT molecular complexity index is 412. The van der Waals surface area contributed by atoms with Gasteiger partial charge in [-0.05, 0) is 24.5 Å². The van der Waals surface area contributed by atoms with Crippen LogP contribution in [0.5, 0.6) is 5.75 Å². The number of benzene rings is 1. The minimum Gasteiger partial charge on any atom is -0.473 e. The van der Waals surface area contributed by atoms with Crippen molar-refractivity contribution in [2.45, 2.75) is 39.0 Å². The first kappa shape index (κ1) is 14.2. The van der Waals surface area contributed by atoms with Gasteiger partial charge in [-0.1, -0.05) is 44.4 Å². The van der Waals surface area contributed by atoms with Gasteiger partial charge in [-0.3, -0.25) is 0 Å². The number of hydrogen-bond acceptors (Lipinski definition) is 3. The second-order valence-corrected chi connectivity index (χ2v) is 4.11. The Hall–Kier alpha value is -1.84. The molecular weight excluding hydrogens is 232 g/mol. The van der Waals surface area contributed by atoms with Crippen LogP contribution in [0.1, 0.15) is 38.2 Å². The van der Waals surface area contributed by atoms with Crippen LogP contribution in [0.4, 0.5) is 0 Å². The Morgan fingerprint density at radius 2 is 1.89 bits per heavy atom. The van der Waals surface area contributed by atoms with E-state index in [2.05, 4.69) is 6.92 Å². The zero-order valence-corrected chi connectivity index (χ0v) is 10.5. The van der Waals surface area contributed by atoms with Crippen molar-refractivity contribution < 1.29 is 19.4 Å². The third-order valence-electron chi connectivity index (χ3n) is 2.65. The molecule has 0 bridgehead atoms. The number of para-hydroxylation sites is 1. The molecule has 0 heterocycles. The first-order valence-electron chi connectivity index (χ1n) is 6.18. The highest BCUT2D eigenvalue weighted by molar-refractivity contribution is 6.29. The van der Waals surface area contributed by atoms with E-state index in [-0.39, 0.29) is 0 Å². The second-order valence-electron chi connectivity index (χ2n) is 4.11. The molecule has 0 aliphatic rings. The number of carbonyl (C=O) groups excluding carboxylic acids is 1. The molecule has 0 amide bonds. The van der Waals surface area contributed by atoms with Gasteiger partial charge in [-0.15, -0.1) is 0 Å². The molecule has 0 atom stereocenters. The Morgan fingerprint density at radius 3 is 2.56 bits per heavy atom.